The summed E-state index contributed by atoms with van der Waals surface area (Å²) in [4.78, 5) is 12.5. The quantitative estimate of drug-likeness (QED) is 0.310. The zero-order valence-corrected chi connectivity index (χ0v) is 14.9. The number of phenolic OH excluding ortho intramolecular Hbond substituents is 3. The maximum atomic E-state index is 12.5. The third-order valence-corrected chi connectivity index (χ3v) is 4.51. The molecule has 29 heavy (non-hydrogen) atoms. The highest BCUT2D eigenvalue weighted by Gasteiger charge is 2.44. The summed E-state index contributed by atoms with van der Waals surface area (Å²) < 4.78 is 10.5. The third-order valence-electron chi connectivity index (χ3n) is 4.51. The van der Waals surface area contributed by atoms with Crippen LogP contribution in [0.2, 0.25) is 0 Å². The van der Waals surface area contributed by atoms with Gasteiger partial charge in [0.1, 0.15) is 53.0 Å². The van der Waals surface area contributed by atoms with E-state index >= 15 is 0 Å². The molecule has 1 saturated heterocycles. The van der Waals surface area contributed by atoms with Crippen molar-refractivity contribution in [1.29, 1.82) is 0 Å². The molecular weight excluding hydrogens is 388 g/mol. The standard InChI is InChI=1S/C19H20O10/c20-7-13-16(25)17(26)18(27)19(29-13)28-10-5-11(22)14(12(23)6-10)15(24)8-2-1-3-9(21)4-8/h1-6,13,16-23,25-27H,7H2. The lowest BCUT2D eigenvalue weighted by Gasteiger charge is -2.39. The van der Waals surface area contributed by atoms with Gasteiger partial charge in [-0.05, 0) is 12.1 Å². The van der Waals surface area contributed by atoms with Crippen molar-refractivity contribution < 1.29 is 50.0 Å². The van der Waals surface area contributed by atoms with E-state index in [4.69, 9.17) is 9.47 Å². The van der Waals surface area contributed by atoms with Crippen LogP contribution < -0.4 is 4.74 Å². The second kappa shape index (κ2) is 8.23. The zero-order valence-electron chi connectivity index (χ0n) is 14.9. The zero-order chi connectivity index (χ0) is 21.3. The Morgan fingerprint density at radius 3 is 2.21 bits per heavy atom. The first-order chi connectivity index (χ1) is 13.7. The number of aromatic hydroxyl groups is 3. The molecule has 0 amide bonds. The summed E-state index contributed by atoms with van der Waals surface area (Å²) in [6, 6.07) is 7.30. The van der Waals surface area contributed by atoms with Crippen molar-refractivity contribution in [2.24, 2.45) is 0 Å². The van der Waals surface area contributed by atoms with Gasteiger partial charge in [0.15, 0.2) is 0 Å². The van der Waals surface area contributed by atoms with E-state index in [-0.39, 0.29) is 17.1 Å². The maximum Gasteiger partial charge on any atom is 0.229 e. The molecule has 0 radical (unpaired) electrons. The number of aliphatic hydroxyl groups is 4. The molecule has 10 nitrogen and oxygen atoms in total. The number of phenols is 3. The van der Waals surface area contributed by atoms with Crippen molar-refractivity contribution in [3.63, 3.8) is 0 Å². The molecule has 1 aliphatic heterocycles. The Kier molecular flexibility index (Phi) is 5.91. The summed E-state index contributed by atoms with van der Waals surface area (Å²) in [5, 5.41) is 68.6. The highest BCUT2D eigenvalue weighted by Crippen LogP contribution is 2.36. The van der Waals surface area contributed by atoms with Crippen LogP contribution in [-0.4, -0.2) is 78.8 Å². The number of ether oxygens (including phenoxy) is 2. The average molecular weight is 408 g/mol. The topological polar surface area (TPSA) is 177 Å². The number of hydrogen-bond acceptors (Lipinski definition) is 10. The third kappa shape index (κ3) is 4.11. The lowest BCUT2D eigenvalue weighted by Crippen LogP contribution is -2.60. The minimum Gasteiger partial charge on any atom is -0.508 e. The van der Waals surface area contributed by atoms with Crippen LogP contribution in [0.25, 0.3) is 0 Å². The molecule has 5 atom stereocenters. The van der Waals surface area contributed by atoms with Crippen molar-refractivity contribution in [2.75, 3.05) is 6.61 Å². The Morgan fingerprint density at radius 2 is 1.62 bits per heavy atom. The summed E-state index contributed by atoms with van der Waals surface area (Å²) >= 11 is 0. The van der Waals surface area contributed by atoms with Crippen molar-refractivity contribution in [3.05, 3.63) is 47.5 Å². The second-order valence-corrected chi connectivity index (χ2v) is 6.53. The van der Waals surface area contributed by atoms with E-state index in [1.807, 2.05) is 0 Å². The van der Waals surface area contributed by atoms with Gasteiger partial charge in [-0.15, -0.1) is 0 Å². The van der Waals surface area contributed by atoms with E-state index in [9.17, 15) is 40.5 Å². The highest BCUT2D eigenvalue weighted by atomic mass is 16.7. The minimum absolute atomic E-state index is 0.0261. The molecule has 0 aliphatic carbocycles. The van der Waals surface area contributed by atoms with E-state index in [0.29, 0.717) is 0 Å². The van der Waals surface area contributed by atoms with Crippen LogP contribution in [-0.2, 0) is 4.74 Å². The maximum absolute atomic E-state index is 12.5. The van der Waals surface area contributed by atoms with E-state index in [1.54, 1.807) is 0 Å². The summed E-state index contributed by atoms with van der Waals surface area (Å²) in [6.07, 6.45) is -7.66. The first-order valence-corrected chi connectivity index (χ1v) is 8.59. The van der Waals surface area contributed by atoms with Gasteiger partial charge in [-0.25, -0.2) is 0 Å². The van der Waals surface area contributed by atoms with Crippen LogP contribution in [0.1, 0.15) is 15.9 Å². The number of hydrogen-bond donors (Lipinski definition) is 7. The molecular formula is C19H20O10. The molecule has 7 N–H and O–H groups in total. The van der Waals surface area contributed by atoms with E-state index < -0.39 is 60.2 Å². The van der Waals surface area contributed by atoms with Crippen molar-refractivity contribution in [1.82, 2.24) is 0 Å². The molecule has 1 fully saturated rings. The summed E-state index contributed by atoms with van der Waals surface area (Å²) in [5.41, 5.74) is -0.407. The van der Waals surface area contributed by atoms with Crippen LogP contribution in [0.5, 0.6) is 23.0 Å². The Hall–Kier alpha value is -2.89. The summed E-state index contributed by atoms with van der Waals surface area (Å²) in [6.45, 7) is -0.654. The van der Waals surface area contributed by atoms with Crippen LogP contribution in [0.4, 0.5) is 0 Å². The van der Waals surface area contributed by atoms with Crippen LogP contribution in [0, 0.1) is 0 Å². The predicted molar refractivity (Wildman–Crippen MR) is 95.7 cm³/mol. The van der Waals surface area contributed by atoms with Gasteiger partial charge in [-0.2, -0.15) is 0 Å². The van der Waals surface area contributed by atoms with Gasteiger partial charge in [0.2, 0.25) is 12.1 Å². The Morgan fingerprint density at radius 1 is 0.966 bits per heavy atom. The number of ketones is 1. The molecule has 2 aromatic rings. The molecule has 1 heterocycles. The van der Waals surface area contributed by atoms with Gasteiger partial charge in [-0.1, -0.05) is 12.1 Å². The van der Waals surface area contributed by atoms with Crippen LogP contribution >= 0.6 is 0 Å². The first-order valence-electron chi connectivity index (χ1n) is 8.59. The number of aliphatic hydroxyl groups excluding tert-OH is 4. The summed E-state index contributed by atoms with van der Waals surface area (Å²) in [7, 11) is 0. The SMILES string of the molecule is O=C(c1cccc(O)c1)c1c(O)cc(OC2OC(CO)C(O)C(O)C2O)cc1O. The van der Waals surface area contributed by atoms with Crippen molar-refractivity contribution in [3.8, 4) is 23.0 Å². The molecule has 0 bridgehead atoms. The smallest absolute Gasteiger partial charge is 0.229 e. The molecule has 0 spiro atoms. The predicted octanol–water partition coefficient (Wildman–Crippen LogP) is -0.787. The Bertz CT molecular complexity index is 873. The lowest BCUT2D eigenvalue weighted by molar-refractivity contribution is -0.277. The average Bonchev–Trinajstić information content (AvgIpc) is 2.67. The van der Waals surface area contributed by atoms with Crippen LogP contribution in [0.3, 0.4) is 0 Å². The fourth-order valence-electron chi connectivity index (χ4n) is 2.98. The second-order valence-electron chi connectivity index (χ2n) is 6.53. The van der Waals surface area contributed by atoms with Gasteiger partial charge in [0.05, 0.1) is 6.61 Å². The molecule has 0 aromatic heterocycles. The molecule has 10 heteroatoms. The largest absolute Gasteiger partial charge is 0.508 e. The number of rotatable bonds is 5. The van der Waals surface area contributed by atoms with Gasteiger partial charge in [0.25, 0.3) is 0 Å². The van der Waals surface area contributed by atoms with E-state index in [1.165, 1.54) is 24.3 Å². The van der Waals surface area contributed by atoms with Gasteiger partial charge < -0.3 is 45.2 Å². The summed E-state index contributed by atoms with van der Waals surface area (Å²) in [5.74, 6) is -2.42. The van der Waals surface area contributed by atoms with Gasteiger partial charge in [0, 0.05) is 17.7 Å². The molecule has 0 saturated carbocycles. The Labute approximate surface area is 164 Å². The number of carbonyl (C=O) groups is 1. The van der Waals surface area contributed by atoms with Crippen molar-refractivity contribution in [2.45, 2.75) is 30.7 Å². The lowest BCUT2D eigenvalue weighted by atomic mass is 9.99. The van der Waals surface area contributed by atoms with E-state index in [2.05, 4.69) is 0 Å². The molecule has 5 unspecified atom stereocenters. The molecule has 2 aromatic carbocycles. The van der Waals surface area contributed by atoms with Crippen LogP contribution in [0.15, 0.2) is 36.4 Å². The number of carbonyl (C=O) groups excluding carboxylic acids is 1. The minimum atomic E-state index is -1.69. The fourth-order valence-corrected chi connectivity index (χ4v) is 2.98. The molecule has 1 aliphatic rings. The molecule has 3 rings (SSSR count). The van der Waals surface area contributed by atoms with Crippen molar-refractivity contribution >= 4 is 5.78 Å². The molecule has 156 valence electrons. The fraction of sp³-hybridized carbons (Fsp3) is 0.316. The Balaban J connectivity index is 1.85. The number of benzene rings is 2. The van der Waals surface area contributed by atoms with Gasteiger partial charge in [-0.3, -0.25) is 4.79 Å². The first kappa shape index (κ1) is 20.8. The normalized spacial score (nSPS) is 26.8. The monoisotopic (exact) mass is 408 g/mol. The highest BCUT2D eigenvalue weighted by molar-refractivity contribution is 6.12. The van der Waals surface area contributed by atoms with Gasteiger partial charge >= 0.3 is 0 Å². The van der Waals surface area contributed by atoms with E-state index in [0.717, 1.165) is 12.1 Å².